The molecule has 0 fully saturated rings. The topological polar surface area (TPSA) is 34.1 Å². The van der Waals surface area contributed by atoms with E-state index in [9.17, 15) is 8.42 Å². The van der Waals surface area contributed by atoms with Crippen molar-refractivity contribution >= 4 is 9.84 Å². The maximum absolute atomic E-state index is 12.1. The summed E-state index contributed by atoms with van der Waals surface area (Å²) >= 11 is 0. The first-order chi connectivity index (χ1) is 8.09. The SMILES string of the molecule is Cc1[c-]cccc1CS(=O)(=O)c1ccccc1.[CH3-].[U+2]. The van der Waals surface area contributed by atoms with Crippen LogP contribution in [0.4, 0.5) is 0 Å². The molecule has 0 saturated carbocycles. The molecule has 0 aliphatic heterocycles. The van der Waals surface area contributed by atoms with Crippen molar-refractivity contribution in [1.82, 2.24) is 0 Å². The van der Waals surface area contributed by atoms with Crippen molar-refractivity contribution < 1.29 is 39.5 Å². The van der Waals surface area contributed by atoms with Gasteiger partial charge in [0.15, 0.2) is 9.84 Å². The van der Waals surface area contributed by atoms with Gasteiger partial charge in [0.05, 0.1) is 4.90 Å². The van der Waals surface area contributed by atoms with Crippen molar-refractivity contribution in [1.29, 1.82) is 0 Å². The monoisotopic (exact) mass is 498 g/mol. The summed E-state index contributed by atoms with van der Waals surface area (Å²) in [7, 11) is -3.26. The second-order valence-corrected chi connectivity index (χ2v) is 5.88. The quantitative estimate of drug-likeness (QED) is 0.610. The van der Waals surface area contributed by atoms with Crippen LogP contribution in [0.3, 0.4) is 0 Å². The van der Waals surface area contributed by atoms with Gasteiger partial charge in [-0.3, -0.25) is 0 Å². The second kappa shape index (κ2) is 7.89. The van der Waals surface area contributed by atoms with Crippen LogP contribution in [0.5, 0.6) is 0 Å². The van der Waals surface area contributed by atoms with Crippen LogP contribution in [0.2, 0.25) is 0 Å². The minimum atomic E-state index is -3.26. The summed E-state index contributed by atoms with van der Waals surface area (Å²) in [5.41, 5.74) is 1.68. The van der Waals surface area contributed by atoms with Gasteiger partial charge < -0.3 is 7.43 Å². The van der Waals surface area contributed by atoms with Crippen LogP contribution in [0.1, 0.15) is 11.1 Å². The molecule has 0 aliphatic rings. The van der Waals surface area contributed by atoms with Gasteiger partial charge in [-0.25, -0.2) is 8.42 Å². The van der Waals surface area contributed by atoms with Crippen molar-refractivity contribution in [3.63, 3.8) is 0 Å². The summed E-state index contributed by atoms with van der Waals surface area (Å²) in [4.78, 5) is 0.364. The molecule has 0 N–H and O–H groups in total. The molecule has 4 heteroatoms. The summed E-state index contributed by atoms with van der Waals surface area (Å²) in [5.74, 6) is 0.0280. The predicted octanol–water partition coefficient (Wildman–Crippen LogP) is 3.22. The average Bonchev–Trinajstić information content (AvgIpc) is 2.33. The Morgan fingerprint density at radius 3 is 2.26 bits per heavy atom. The summed E-state index contributed by atoms with van der Waals surface area (Å²) in [6.45, 7) is 1.87. The molecule has 2 aromatic carbocycles. The third-order valence-electron chi connectivity index (χ3n) is 2.62. The van der Waals surface area contributed by atoms with E-state index < -0.39 is 9.84 Å². The van der Waals surface area contributed by atoms with Crippen LogP contribution in [0, 0.1) is 51.5 Å². The molecule has 2 nitrogen and oxygen atoms in total. The van der Waals surface area contributed by atoms with E-state index in [1.807, 2.05) is 19.1 Å². The Kier molecular flexibility index (Phi) is 7.66. The molecule has 0 unspecified atom stereocenters. The zero-order valence-electron chi connectivity index (χ0n) is 11.1. The summed E-state index contributed by atoms with van der Waals surface area (Å²) in [6, 6.07) is 16.9. The molecular formula is C15H16O2SU. The summed E-state index contributed by atoms with van der Waals surface area (Å²) in [6.07, 6.45) is 0. The van der Waals surface area contributed by atoms with Gasteiger partial charge in [0.1, 0.15) is 0 Å². The molecule has 0 aromatic heterocycles. The van der Waals surface area contributed by atoms with Crippen molar-refractivity contribution in [3.05, 3.63) is 73.2 Å². The van der Waals surface area contributed by atoms with Crippen molar-refractivity contribution in [2.75, 3.05) is 0 Å². The van der Waals surface area contributed by atoms with E-state index in [-0.39, 0.29) is 44.3 Å². The van der Waals surface area contributed by atoms with Crippen LogP contribution in [-0.2, 0) is 15.6 Å². The van der Waals surface area contributed by atoms with E-state index in [0.717, 1.165) is 11.1 Å². The zero-order valence-corrected chi connectivity index (χ0v) is 16.0. The van der Waals surface area contributed by atoms with Crippen LogP contribution in [0.15, 0.2) is 53.4 Å². The van der Waals surface area contributed by atoms with Crippen LogP contribution < -0.4 is 0 Å². The van der Waals surface area contributed by atoms with Gasteiger partial charge in [-0.1, -0.05) is 25.1 Å². The molecule has 0 radical (unpaired) electrons. The molecule has 98 valence electrons. The molecule has 0 aliphatic carbocycles. The Balaban J connectivity index is 0.00000162. The summed E-state index contributed by atoms with van der Waals surface area (Å²) in [5, 5.41) is 0. The van der Waals surface area contributed by atoms with Gasteiger partial charge in [0, 0.05) is 5.75 Å². The van der Waals surface area contributed by atoms with Gasteiger partial charge in [-0.2, -0.15) is 29.8 Å². The van der Waals surface area contributed by atoms with Crippen LogP contribution in [0.25, 0.3) is 0 Å². The van der Waals surface area contributed by atoms with E-state index >= 15 is 0 Å². The van der Waals surface area contributed by atoms with E-state index in [2.05, 4.69) is 6.07 Å². The smallest absolute Gasteiger partial charge is 0.358 e. The van der Waals surface area contributed by atoms with Gasteiger partial charge in [0.25, 0.3) is 0 Å². The maximum Gasteiger partial charge on any atom is 2.00 e. The van der Waals surface area contributed by atoms with E-state index in [1.54, 1.807) is 36.4 Å². The first-order valence-corrected chi connectivity index (χ1v) is 6.99. The molecule has 0 bridgehead atoms. The van der Waals surface area contributed by atoms with Crippen molar-refractivity contribution in [2.45, 2.75) is 17.6 Å². The fraction of sp³-hybridized carbons (Fsp3) is 0.133. The number of benzene rings is 2. The third-order valence-corrected chi connectivity index (χ3v) is 4.30. The second-order valence-electron chi connectivity index (χ2n) is 3.89. The van der Waals surface area contributed by atoms with Crippen LogP contribution in [-0.4, -0.2) is 8.42 Å². The Bertz CT molecular complexity index is 607. The standard InChI is InChI=1S/C14H13O2S.CH3.U/c1-12-7-5-6-8-13(12)11-17(15,16)14-9-3-2-4-10-14;;/h2-6,8-10H,11H2,1H3;1H3;/q2*-1;+2. The summed E-state index contributed by atoms with van der Waals surface area (Å²) < 4.78 is 24.3. The Morgan fingerprint density at radius 1 is 1.05 bits per heavy atom. The third kappa shape index (κ3) is 4.80. The first-order valence-electron chi connectivity index (χ1n) is 5.33. The first kappa shape index (κ1) is 18.4. The number of rotatable bonds is 3. The molecule has 19 heavy (non-hydrogen) atoms. The van der Waals surface area contributed by atoms with Gasteiger partial charge >= 0.3 is 31.1 Å². The van der Waals surface area contributed by atoms with E-state index in [4.69, 9.17) is 0 Å². The number of aryl methyl sites for hydroxylation is 1. The average molecular weight is 498 g/mol. The minimum Gasteiger partial charge on any atom is -0.358 e. The number of hydrogen-bond donors (Lipinski definition) is 0. The molecule has 0 saturated heterocycles. The molecule has 0 spiro atoms. The van der Waals surface area contributed by atoms with Gasteiger partial charge in [-0.15, -0.1) is 5.56 Å². The van der Waals surface area contributed by atoms with Gasteiger partial charge in [-0.05, 0) is 12.1 Å². The van der Waals surface area contributed by atoms with Crippen molar-refractivity contribution in [2.24, 2.45) is 0 Å². The van der Waals surface area contributed by atoms with Gasteiger partial charge in [0.2, 0.25) is 0 Å². The van der Waals surface area contributed by atoms with E-state index in [0.29, 0.717) is 4.90 Å². The molecule has 2 aromatic rings. The number of hydrogen-bond acceptors (Lipinski definition) is 2. The number of sulfone groups is 1. The Labute approximate surface area is 139 Å². The Morgan fingerprint density at radius 2 is 1.68 bits per heavy atom. The van der Waals surface area contributed by atoms with Crippen LogP contribution >= 0.6 is 0 Å². The maximum atomic E-state index is 12.1. The predicted molar refractivity (Wildman–Crippen MR) is 73.8 cm³/mol. The van der Waals surface area contributed by atoms with E-state index in [1.165, 1.54) is 0 Å². The zero-order chi connectivity index (χ0) is 12.3. The molecule has 0 amide bonds. The molecule has 0 atom stereocenters. The normalized spacial score (nSPS) is 10.2. The largest absolute Gasteiger partial charge is 2.00 e. The molecule has 0 heterocycles. The molecule has 2 rings (SSSR count). The van der Waals surface area contributed by atoms with Crippen molar-refractivity contribution in [3.8, 4) is 0 Å². The fourth-order valence-electron chi connectivity index (χ4n) is 1.63. The Hall–Kier alpha value is -0.558. The minimum absolute atomic E-state index is 0. The fourth-order valence-corrected chi connectivity index (χ4v) is 3.09. The molecular weight excluding hydrogens is 482 g/mol.